The summed E-state index contributed by atoms with van der Waals surface area (Å²) in [6, 6.07) is 22.5. The van der Waals surface area contributed by atoms with Gasteiger partial charge in [-0.05, 0) is 42.8 Å². The molecule has 6 rings (SSSR count). The number of carbonyl (C=O) groups excluding carboxylic acids is 1. The van der Waals surface area contributed by atoms with Crippen molar-refractivity contribution >= 4 is 43.6 Å². The third-order valence-electron chi connectivity index (χ3n) is 7.27. The van der Waals surface area contributed by atoms with Gasteiger partial charge in [-0.2, -0.15) is 0 Å². The van der Waals surface area contributed by atoms with Crippen LogP contribution in [0, 0.1) is 12.7 Å². The number of carbonyl (C=O) groups is 1. The summed E-state index contributed by atoms with van der Waals surface area (Å²) >= 11 is 0. The lowest BCUT2D eigenvalue weighted by molar-refractivity contribution is -0.779. The first kappa shape index (κ1) is 27.2. The predicted octanol–water partition coefficient (Wildman–Crippen LogP) is 5.99. The first-order valence-corrected chi connectivity index (χ1v) is 14.9. The van der Waals surface area contributed by atoms with E-state index in [1.54, 1.807) is 43.6 Å². The third-order valence-corrected chi connectivity index (χ3v) is 8.46. The van der Waals surface area contributed by atoms with Crippen LogP contribution < -0.4 is 14.4 Å². The number of fused-ring (bicyclic) bond motifs is 2. The molecule has 0 radical (unpaired) electrons. The summed E-state index contributed by atoms with van der Waals surface area (Å²) in [5.41, 5.74) is 5.39. The van der Waals surface area contributed by atoms with Crippen LogP contribution in [0.15, 0.2) is 94.0 Å². The second kappa shape index (κ2) is 10.1. The van der Waals surface area contributed by atoms with Crippen molar-refractivity contribution in [2.75, 3.05) is 24.7 Å². The molecule has 0 aliphatic carbocycles. The van der Waals surface area contributed by atoms with Gasteiger partial charge in [-0.1, -0.05) is 35.9 Å². The highest BCUT2D eigenvalue weighted by Crippen LogP contribution is 2.41. The fourth-order valence-corrected chi connectivity index (χ4v) is 5.44. The SMILES string of the molecule is CNC(=O)c1c(-c2ccc(C)cc2)oc2cc(N(C)S(C)(=O)=O)c(-c3ccc4o[n+](-c5ccc(F)cc5)cc4c3)cc12. The van der Waals surface area contributed by atoms with Gasteiger partial charge < -0.3 is 9.73 Å². The van der Waals surface area contributed by atoms with Gasteiger partial charge in [0.05, 0.1) is 22.9 Å². The highest BCUT2D eigenvalue weighted by molar-refractivity contribution is 7.92. The molecule has 0 saturated heterocycles. The smallest absolute Gasteiger partial charge is 0.258 e. The van der Waals surface area contributed by atoms with Crippen molar-refractivity contribution in [2.45, 2.75) is 6.92 Å². The average molecular weight is 585 g/mol. The Morgan fingerprint density at radius 1 is 0.929 bits per heavy atom. The topological polar surface area (TPSA) is 96.6 Å². The van der Waals surface area contributed by atoms with E-state index in [4.69, 9.17) is 8.94 Å². The maximum atomic E-state index is 13.4. The van der Waals surface area contributed by atoms with Crippen molar-refractivity contribution in [3.05, 3.63) is 102 Å². The van der Waals surface area contributed by atoms with Crippen LogP contribution in [-0.4, -0.2) is 34.7 Å². The van der Waals surface area contributed by atoms with E-state index in [9.17, 15) is 17.6 Å². The molecule has 10 heteroatoms. The van der Waals surface area contributed by atoms with Crippen LogP contribution in [0.25, 0.3) is 50.1 Å². The molecule has 0 fully saturated rings. The Hall–Kier alpha value is -4.96. The largest absolute Gasteiger partial charge is 0.455 e. The zero-order chi connectivity index (χ0) is 29.8. The molecule has 0 aliphatic heterocycles. The molecule has 6 aromatic rings. The summed E-state index contributed by atoms with van der Waals surface area (Å²) in [7, 11) is -0.629. The normalized spacial score (nSPS) is 11.7. The van der Waals surface area contributed by atoms with Gasteiger partial charge in [0, 0.05) is 53.5 Å². The quantitative estimate of drug-likeness (QED) is 0.243. The lowest BCUT2D eigenvalue weighted by Gasteiger charge is -2.20. The standard InChI is InChI=1S/C32H26FN3O5S/c1-19-5-7-20(8-6-19)31-30(32(37)34-2)26-16-25(27(17-29(26)40-31)35(3)42(4,38)39)21-9-14-28-22(15-21)18-36(41-28)24-12-10-23(33)11-13-24/h5-18H,1-4H3/p+1. The molecule has 0 aliphatic rings. The van der Waals surface area contributed by atoms with Crippen molar-refractivity contribution in [1.29, 1.82) is 0 Å². The van der Waals surface area contributed by atoms with E-state index in [1.165, 1.54) is 28.2 Å². The van der Waals surface area contributed by atoms with Gasteiger partial charge in [0.2, 0.25) is 21.8 Å². The molecule has 1 amide bonds. The van der Waals surface area contributed by atoms with Gasteiger partial charge in [0.15, 0.2) is 0 Å². The fraction of sp³-hybridized carbons (Fsp3) is 0.125. The molecular formula is C32H27FN3O5S+. The number of nitrogens with zero attached hydrogens (tertiary/aromatic N) is 2. The molecule has 2 heterocycles. The number of anilines is 1. The van der Waals surface area contributed by atoms with Crippen LogP contribution in [-0.2, 0) is 10.0 Å². The second-order valence-corrected chi connectivity index (χ2v) is 12.1. The number of furan rings is 1. The minimum absolute atomic E-state index is 0.329. The summed E-state index contributed by atoms with van der Waals surface area (Å²) in [6.45, 7) is 1.97. The van der Waals surface area contributed by atoms with E-state index in [2.05, 4.69) is 5.32 Å². The van der Waals surface area contributed by atoms with Crippen molar-refractivity contribution in [3.8, 4) is 28.1 Å². The molecule has 0 saturated carbocycles. The summed E-state index contributed by atoms with van der Waals surface area (Å²) < 4.78 is 53.8. The number of hydrogen-bond donors (Lipinski definition) is 1. The number of hydrogen-bond acceptors (Lipinski definition) is 5. The molecule has 0 unspecified atom stereocenters. The monoisotopic (exact) mass is 584 g/mol. The Labute approximate surface area is 241 Å². The lowest BCUT2D eigenvalue weighted by Crippen LogP contribution is -2.26. The zero-order valence-electron chi connectivity index (χ0n) is 23.3. The number of aromatic nitrogens is 1. The molecule has 0 atom stereocenters. The molecule has 2 aromatic heterocycles. The molecule has 4 aromatic carbocycles. The first-order chi connectivity index (χ1) is 20.0. The van der Waals surface area contributed by atoms with E-state index in [0.29, 0.717) is 50.4 Å². The third kappa shape index (κ3) is 4.79. The van der Waals surface area contributed by atoms with Gasteiger partial charge in [-0.3, -0.25) is 9.10 Å². The predicted molar refractivity (Wildman–Crippen MR) is 160 cm³/mol. The Balaban J connectivity index is 1.59. The van der Waals surface area contributed by atoms with Gasteiger partial charge in [0.25, 0.3) is 11.6 Å². The van der Waals surface area contributed by atoms with Crippen LogP contribution >= 0.6 is 0 Å². The van der Waals surface area contributed by atoms with Crippen molar-refractivity contribution in [3.63, 3.8) is 0 Å². The zero-order valence-corrected chi connectivity index (χ0v) is 24.1. The van der Waals surface area contributed by atoms with E-state index < -0.39 is 10.0 Å². The number of aryl methyl sites for hydroxylation is 1. The number of amides is 1. The van der Waals surface area contributed by atoms with Gasteiger partial charge in [-0.15, -0.1) is 0 Å². The Kier molecular flexibility index (Phi) is 6.58. The van der Waals surface area contributed by atoms with Crippen molar-refractivity contribution in [2.24, 2.45) is 0 Å². The molecule has 0 spiro atoms. The van der Waals surface area contributed by atoms with E-state index in [1.807, 2.05) is 43.3 Å². The number of rotatable bonds is 6. The Bertz CT molecular complexity index is 2100. The van der Waals surface area contributed by atoms with Crippen LogP contribution in [0.4, 0.5) is 10.1 Å². The minimum Gasteiger partial charge on any atom is -0.455 e. The first-order valence-electron chi connectivity index (χ1n) is 13.1. The van der Waals surface area contributed by atoms with Crippen LogP contribution in [0.5, 0.6) is 0 Å². The van der Waals surface area contributed by atoms with Crippen molar-refractivity contribution in [1.82, 2.24) is 5.32 Å². The molecule has 42 heavy (non-hydrogen) atoms. The number of sulfonamides is 1. The van der Waals surface area contributed by atoms with Crippen LogP contribution in [0.3, 0.4) is 0 Å². The number of benzene rings is 4. The Morgan fingerprint density at radius 2 is 1.62 bits per heavy atom. The number of halogens is 1. The summed E-state index contributed by atoms with van der Waals surface area (Å²) in [4.78, 5) is 13.2. The molecule has 212 valence electrons. The second-order valence-electron chi connectivity index (χ2n) is 10.1. The summed E-state index contributed by atoms with van der Waals surface area (Å²) in [6.07, 6.45) is 2.90. The maximum absolute atomic E-state index is 13.4. The highest BCUT2D eigenvalue weighted by Gasteiger charge is 2.26. The Morgan fingerprint density at radius 3 is 2.29 bits per heavy atom. The van der Waals surface area contributed by atoms with Gasteiger partial charge in [0.1, 0.15) is 17.2 Å². The van der Waals surface area contributed by atoms with Crippen LogP contribution in [0.1, 0.15) is 15.9 Å². The van der Waals surface area contributed by atoms with Crippen LogP contribution in [0.2, 0.25) is 0 Å². The number of nitrogens with one attached hydrogen (secondary N) is 1. The average Bonchev–Trinajstić information content (AvgIpc) is 3.57. The van der Waals surface area contributed by atoms with E-state index in [0.717, 1.165) is 22.8 Å². The summed E-state index contributed by atoms with van der Waals surface area (Å²) in [5, 5.41) is 3.98. The molecule has 0 bridgehead atoms. The van der Waals surface area contributed by atoms with E-state index >= 15 is 0 Å². The van der Waals surface area contributed by atoms with E-state index in [-0.39, 0.29) is 11.7 Å². The fourth-order valence-electron chi connectivity index (χ4n) is 4.94. The highest BCUT2D eigenvalue weighted by atomic mass is 32.2. The van der Waals surface area contributed by atoms with Gasteiger partial charge in [-0.25, -0.2) is 17.3 Å². The molecular weight excluding hydrogens is 557 g/mol. The minimum atomic E-state index is -3.66. The lowest BCUT2D eigenvalue weighted by atomic mass is 9.97. The van der Waals surface area contributed by atoms with Crippen molar-refractivity contribution < 1.29 is 31.3 Å². The summed E-state index contributed by atoms with van der Waals surface area (Å²) in [5.74, 6) is -0.290. The molecule has 8 nitrogen and oxygen atoms in total. The molecule has 1 N–H and O–H groups in total. The maximum Gasteiger partial charge on any atom is 0.258 e. The van der Waals surface area contributed by atoms with Gasteiger partial charge >= 0.3 is 0 Å².